The van der Waals surface area contributed by atoms with Crippen LogP contribution >= 0.6 is 23.2 Å². The molecule has 2 aromatic rings. The van der Waals surface area contributed by atoms with Crippen LogP contribution in [-0.4, -0.2) is 23.0 Å². The maximum atomic E-state index is 6.01. The third-order valence-corrected chi connectivity index (χ3v) is 3.34. The van der Waals surface area contributed by atoms with Crippen molar-refractivity contribution in [3.8, 4) is 0 Å². The highest BCUT2D eigenvalue weighted by atomic mass is 35.5. The molecule has 1 heterocycles. The number of rotatable bonds is 5. The van der Waals surface area contributed by atoms with Gasteiger partial charge in [0.15, 0.2) is 5.82 Å². The van der Waals surface area contributed by atoms with E-state index in [1.807, 2.05) is 6.07 Å². The minimum Gasteiger partial charge on any atom is -0.399 e. The van der Waals surface area contributed by atoms with Gasteiger partial charge in [0.25, 0.3) is 0 Å². The van der Waals surface area contributed by atoms with Crippen molar-refractivity contribution in [2.45, 2.75) is 19.8 Å². The molecule has 0 amide bonds. The van der Waals surface area contributed by atoms with Crippen LogP contribution in [0, 0.1) is 6.92 Å². The standard InChI is InChI=1S/C13H13Cl2N3O2/c1-8-16-13(20-17-8)6-5-12(18-19-2)9-3-4-10(14)11(15)7-9/h3-4,7H,5-6H2,1-2H3/b18-12+. The summed E-state index contributed by atoms with van der Waals surface area (Å²) in [6.45, 7) is 1.77. The summed E-state index contributed by atoms with van der Waals surface area (Å²) in [5.41, 5.74) is 1.58. The van der Waals surface area contributed by atoms with E-state index in [9.17, 15) is 0 Å². The molecule has 7 heteroatoms. The van der Waals surface area contributed by atoms with Gasteiger partial charge in [-0.15, -0.1) is 0 Å². The van der Waals surface area contributed by atoms with E-state index < -0.39 is 0 Å². The Bertz CT molecular complexity index is 626. The maximum absolute atomic E-state index is 6.01. The predicted octanol–water partition coefficient (Wildman–Crippen LogP) is 3.67. The Kier molecular flexibility index (Phi) is 4.98. The maximum Gasteiger partial charge on any atom is 0.227 e. The number of oxime groups is 1. The summed E-state index contributed by atoms with van der Waals surface area (Å²) in [5, 5.41) is 8.73. The van der Waals surface area contributed by atoms with Gasteiger partial charge in [0.2, 0.25) is 5.89 Å². The number of aryl methyl sites for hydroxylation is 2. The van der Waals surface area contributed by atoms with Gasteiger partial charge >= 0.3 is 0 Å². The molecule has 106 valence electrons. The molecule has 0 aliphatic rings. The second-order valence-electron chi connectivity index (χ2n) is 4.08. The van der Waals surface area contributed by atoms with Crippen LogP contribution in [0.1, 0.15) is 23.7 Å². The van der Waals surface area contributed by atoms with E-state index in [1.54, 1.807) is 19.1 Å². The lowest BCUT2D eigenvalue weighted by Crippen LogP contribution is -2.04. The number of hydrogen-bond acceptors (Lipinski definition) is 5. The van der Waals surface area contributed by atoms with Gasteiger partial charge in [0, 0.05) is 18.4 Å². The molecule has 0 aliphatic heterocycles. The molecule has 0 fully saturated rings. The lowest BCUT2D eigenvalue weighted by Gasteiger charge is -2.06. The third kappa shape index (κ3) is 3.71. The Morgan fingerprint density at radius 2 is 2.15 bits per heavy atom. The summed E-state index contributed by atoms with van der Waals surface area (Å²) in [7, 11) is 1.49. The first kappa shape index (κ1) is 14.8. The van der Waals surface area contributed by atoms with Crippen molar-refractivity contribution < 1.29 is 9.36 Å². The van der Waals surface area contributed by atoms with Crippen LogP contribution in [0.3, 0.4) is 0 Å². The highest BCUT2D eigenvalue weighted by Crippen LogP contribution is 2.23. The topological polar surface area (TPSA) is 60.5 Å². The van der Waals surface area contributed by atoms with Gasteiger partial charge in [-0.1, -0.05) is 39.6 Å². The summed E-state index contributed by atoms with van der Waals surface area (Å²) in [6.07, 6.45) is 1.16. The Hall–Kier alpha value is -1.59. The van der Waals surface area contributed by atoms with E-state index in [4.69, 9.17) is 32.6 Å². The van der Waals surface area contributed by atoms with Crippen LogP contribution in [0.25, 0.3) is 0 Å². The van der Waals surface area contributed by atoms with Crippen LogP contribution in [-0.2, 0) is 11.3 Å². The molecule has 0 radical (unpaired) electrons. The minimum atomic E-state index is 0.474. The van der Waals surface area contributed by atoms with Gasteiger partial charge in [-0.3, -0.25) is 0 Å². The van der Waals surface area contributed by atoms with Gasteiger partial charge in [0.1, 0.15) is 7.11 Å². The molecule has 1 aromatic carbocycles. The summed E-state index contributed by atoms with van der Waals surface area (Å²) in [6, 6.07) is 5.31. The largest absolute Gasteiger partial charge is 0.399 e. The first-order valence-corrected chi connectivity index (χ1v) is 6.70. The molecule has 0 unspecified atom stereocenters. The average Bonchev–Trinajstić information content (AvgIpc) is 2.84. The first-order valence-electron chi connectivity index (χ1n) is 5.95. The molecule has 1 aromatic heterocycles. The van der Waals surface area contributed by atoms with E-state index in [2.05, 4.69) is 15.3 Å². The van der Waals surface area contributed by atoms with E-state index in [-0.39, 0.29) is 0 Å². The van der Waals surface area contributed by atoms with E-state index in [1.165, 1.54) is 7.11 Å². The van der Waals surface area contributed by atoms with Crippen molar-refractivity contribution in [3.63, 3.8) is 0 Å². The van der Waals surface area contributed by atoms with Crippen molar-refractivity contribution in [1.82, 2.24) is 10.1 Å². The lowest BCUT2D eigenvalue weighted by molar-refractivity contribution is 0.212. The predicted molar refractivity (Wildman–Crippen MR) is 77.4 cm³/mol. The molecular formula is C13H13Cl2N3O2. The van der Waals surface area contributed by atoms with Crippen molar-refractivity contribution in [3.05, 3.63) is 45.5 Å². The average molecular weight is 314 g/mol. The van der Waals surface area contributed by atoms with Crippen LogP contribution in [0.4, 0.5) is 0 Å². The molecule has 20 heavy (non-hydrogen) atoms. The fourth-order valence-electron chi connectivity index (χ4n) is 1.70. The van der Waals surface area contributed by atoms with Crippen LogP contribution < -0.4 is 0 Å². The van der Waals surface area contributed by atoms with Gasteiger partial charge in [-0.2, -0.15) is 4.98 Å². The minimum absolute atomic E-state index is 0.474. The molecule has 0 spiro atoms. The summed E-state index contributed by atoms with van der Waals surface area (Å²) in [4.78, 5) is 9.01. The number of halogens is 2. The van der Waals surface area contributed by atoms with Gasteiger partial charge in [0.05, 0.1) is 15.8 Å². The Labute approximate surface area is 126 Å². The second-order valence-corrected chi connectivity index (χ2v) is 4.90. The van der Waals surface area contributed by atoms with Crippen molar-refractivity contribution in [1.29, 1.82) is 0 Å². The Morgan fingerprint density at radius 1 is 1.35 bits per heavy atom. The SMILES string of the molecule is CO/N=C(\CCc1nc(C)no1)c1ccc(Cl)c(Cl)c1. The molecule has 2 rings (SSSR count). The molecule has 0 aliphatic carbocycles. The van der Waals surface area contributed by atoms with Crippen molar-refractivity contribution in [2.75, 3.05) is 7.11 Å². The van der Waals surface area contributed by atoms with E-state index in [0.29, 0.717) is 34.6 Å². The zero-order valence-corrected chi connectivity index (χ0v) is 12.6. The van der Waals surface area contributed by atoms with Crippen LogP contribution in [0.2, 0.25) is 10.0 Å². The van der Waals surface area contributed by atoms with Crippen LogP contribution in [0.5, 0.6) is 0 Å². The molecule has 0 saturated carbocycles. The highest BCUT2D eigenvalue weighted by Gasteiger charge is 2.10. The molecule has 0 N–H and O–H groups in total. The van der Waals surface area contributed by atoms with Gasteiger partial charge < -0.3 is 9.36 Å². The van der Waals surface area contributed by atoms with Gasteiger partial charge in [-0.25, -0.2) is 0 Å². The fourth-order valence-corrected chi connectivity index (χ4v) is 1.99. The smallest absolute Gasteiger partial charge is 0.227 e. The number of hydrogen-bond donors (Lipinski definition) is 0. The molecule has 0 saturated heterocycles. The molecule has 5 nitrogen and oxygen atoms in total. The number of aromatic nitrogens is 2. The monoisotopic (exact) mass is 313 g/mol. The van der Waals surface area contributed by atoms with Gasteiger partial charge in [-0.05, 0) is 19.1 Å². The molecule has 0 atom stereocenters. The van der Waals surface area contributed by atoms with Crippen molar-refractivity contribution >= 4 is 28.9 Å². The van der Waals surface area contributed by atoms with Crippen molar-refractivity contribution in [2.24, 2.45) is 5.16 Å². The normalized spacial score (nSPS) is 11.7. The Morgan fingerprint density at radius 3 is 2.75 bits per heavy atom. The fraction of sp³-hybridized carbons (Fsp3) is 0.308. The summed E-state index contributed by atoms with van der Waals surface area (Å²) in [5.74, 6) is 1.17. The zero-order chi connectivity index (χ0) is 14.5. The number of nitrogens with zero attached hydrogens (tertiary/aromatic N) is 3. The summed E-state index contributed by atoms with van der Waals surface area (Å²) < 4.78 is 5.07. The zero-order valence-electron chi connectivity index (χ0n) is 11.1. The van der Waals surface area contributed by atoms with Crippen LogP contribution in [0.15, 0.2) is 27.9 Å². The quantitative estimate of drug-likeness (QED) is 0.624. The molecule has 0 bridgehead atoms. The molecular weight excluding hydrogens is 301 g/mol. The highest BCUT2D eigenvalue weighted by molar-refractivity contribution is 6.42. The third-order valence-electron chi connectivity index (χ3n) is 2.60. The lowest BCUT2D eigenvalue weighted by atomic mass is 10.1. The second kappa shape index (κ2) is 6.72. The Balaban J connectivity index is 2.14. The first-order chi connectivity index (χ1) is 9.60. The van der Waals surface area contributed by atoms with E-state index in [0.717, 1.165) is 11.3 Å². The number of benzene rings is 1. The summed E-state index contributed by atoms with van der Waals surface area (Å²) >= 11 is 11.9. The van der Waals surface area contributed by atoms with E-state index >= 15 is 0 Å².